The minimum Gasteiger partial charge on any atom is -0.435 e. The highest BCUT2D eigenvalue weighted by Gasteiger charge is 2.34. The number of carbonyl (C=O) groups excluding carboxylic acids is 3. The number of halogens is 2. The summed E-state index contributed by atoms with van der Waals surface area (Å²) in [5.41, 5.74) is 0.639. The molecule has 146 valence electrons. The van der Waals surface area contributed by atoms with E-state index in [4.69, 9.17) is 0 Å². The van der Waals surface area contributed by atoms with E-state index in [0.29, 0.717) is 5.56 Å². The molecule has 1 aromatic heterocycles. The maximum absolute atomic E-state index is 12.4. The van der Waals surface area contributed by atoms with Gasteiger partial charge in [-0.05, 0) is 35.5 Å². The predicted octanol–water partition coefficient (Wildman–Crippen LogP) is 2.74. The molecule has 0 radical (unpaired) electrons. The first-order valence-electron chi connectivity index (χ1n) is 7.93. The van der Waals surface area contributed by atoms with Crippen molar-refractivity contribution < 1.29 is 32.4 Å². The standard InChI is InChI=1S/C17H13F2N3O5S/c18-16(19)27-11-3-1-10(2-4-11)9-13-15(24)22(17(25)28-13)7-6-20-14(23)12-5-8-26-21-12/h1-5,8-9,16H,6-7H2,(H,20,23)/b13-9-. The summed E-state index contributed by atoms with van der Waals surface area (Å²) in [5, 5.41) is 5.54. The first kappa shape index (κ1) is 19.5. The summed E-state index contributed by atoms with van der Waals surface area (Å²) in [6, 6.07) is 7.03. The molecule has 3 amide bonds. The van der Waals surface area contributed by atoms with E-state index in [1.807, 2.05) is 0 Å². The van der Waals surface area contributed by atoms with E-state index in [1.165, 1.54) is 42.7 Å². The lowest BCUT2D eigenvalue weighted by molar-refractivity contribution is -0.122. The third kappa shape index (κ3) is 4.74. The molecule has 0 atom stereocenters. The third-order valence-electron chi connectivity index (χ3n) is 3.57. The van der Waals surface area contributed by atoms with Crippen LogP contribution in [0.5, 0.6) is 5.75 Å². The molecule has 1 N–H and O–H groups in total. The minimum atomic E-state index is -2.92. The number of nitrogens with one attached hydrogen (secondary N) is 1. The van der Waals surface area contributed by atoms with Crippen molar-refractivity contribution in [2.24, 2.45) is 0 Å². The van der Waals surface area contributed by atoms with Gasteiger partial charge in [0.15, 0.2) is 5.69 Å². The molecule has 0 unspecified atom stereocenters. The molecule has 0 spiro atoms. The van der Waals surface area contributed by atoms with Gasteiger partial charge in [-0.25, -0.2) is 0 Å². The van der Waals surface area contributed by atoms with Gasteiger partial charge >= 0.3 is 6.61 Å². The highest BCUT2D eigenvalue weighted by Crippen LogP contribution is 2.32. The number of amides is 3. The quantitative estimate of drug-likeness (QED) is 0.702. The predicted molar refractivity (Wildman–Crippen MR) is 94.6 cm³/mol. The van der Waals surface area contributed by atoms with Crippen molar-refractivity contribution in [2.45, 2.75) is 6.61 Å². The van der Waals surface area contributed by atoms with Gasteiger partial charge in [-0.2, -0.15) is 8.78 Å². The van der Waals surface area contributed by atoms with Crippen LogP contribution >= 0.6 is 11.8 Å². The Labute approximate surface area is 161 Å². The number of imide groups is 1. The average molecular weight is 409 g/mol. The number of aromatic nitrogens is 1. The molecule has 0 bridgehead atoms. The van der Waals surface area contributed by atoms with Crippen molar-refractivity contribution in [1.82, 2.24) is 15.4 Å². The van der Waals surface area contributed by atoms with Gasteiger partial charge in [0.2, 0.25) is 0 Å². The molecule has 1 aromatic carbocycles. The molecule has 11 heteroatoms. The number of rotatable bonds is 7. The Hall–Kier alpha value is -3.21. The van der Waals surface area contributed by atoms with Gasteiger partial charge < -0.3 is 14.6 Å². The van der Waals surface area contributed by atoms with Gasteiger partial charge in [0.1, 0.15) is 12.0 Å². The van der Waals surface area contributed by atoms with E-state index in [1.54, 1.807) is 0 Å². The van der Waals surface area contributed by atoms with Crippen LogP contribution in [0.3, 0.4) is 0 Å². The van der Waals surface area contributed by atoms with Crippen LogP contribution in [0.1, 0.15) is 16.1 Å². The SMILES string of the molecule is O=C(NCCN1C(=O)S/C(=C\c2ccc(OC(F)F)cc2)C1=O)c1ccon1. The largest absolute Gasteiger partial charge is 0.435 e. The molecule has 8 nitrogen and oxygen atoms in total. The van der Waals surface area contributed by atoms with Crippen molar-refractivity contribution in [2.75, 3.05) is 13.1 Å². The molecule has 2 aromatic rings. The average Bonchev–Trinajstić information content (AvgIpc) is 3.27. The first-order valence-corrected chi connectivity index (χ1v) is 8.74. The Morgan fingerprint density at radius 2 is 2.04 bits per heavy atom. The Morgan fingerprint density at radius 1 is 1.29 bits per heavy atom. The smallest absolute Gasteiger partial charge is 0.387 e. The van der Waals surface area contributed by atoms with Crippen molar-refractivity contribution in [3.05, 3.63) is 52.8 Å². The molecule has 1 aliphatic rings. The molecule has 1 fully saturated rings. The number of thioether (sulfide) groups is 1. The highest BCUT2D eigenvalue weighted by atomic mass is 32.2. The van der Waals surface area contributed by atoms with Gasteiger partial charge in [0.25, 0.3) is 17.1 Å². The van der Waals surface area contributed by atoms with Crippen LogP contribution in [-0.2, 0) is 4.79 Å². The monoisotopic (exact) mass is 409 g/mol. The topological polar surface area (TPSA) is 102 Å². The third-order valence-corrected chi connectivity index (χ3v) is 4.48. The zero-order chi connectivity index (χ0) is 20.1. The van der Waals surface area contributed by atoms with Gasteiger partial charge in [-0.15, -0.1) is 0 Å². The van der Waals surface area contributed by atoms with Crippen LogP contribution in [0, 0.1) is 0 Å². The zero-order valence-electron chi connectivity index (χ0n) is 14.1. The van der Waals surface area contributed by atoms with E-state index >= 15 is 0 Å². The van der Waals surface area contributed by atoms with Crippen LogP contribution in [0.15, 0.2) is 46.0 Å². The Bertz CT molecular complexity index is 900. The van der Waals surface area contributed by atoms with Crippen LogP contribution in [0.25, 0.3) is 6.08 Å². The molecule has 2 heterocycles. The van der Waals surface area contributed by atoms with Crippen LogP contribution in [0.2, 0.25) is 0 Å². The number of carbonyl (C=O) groups is 3. The number of ether oxygens (including phenoxy) is 1. The molecule has 3 rings (SSSR count). The van der Waals surface area contributed by atoms with E-state index in [-0.39, 0.29) is 29.4 Å². The second-order valence-electron chi connectivity index (χ2n) is 5.42. The molecule has 1 aliphatic heterocycles. The zero-order valence-corrected chi connectivity index (χ0v) is 14.9. The van der Waals surface area contributed by atoms with E-state index in [2.05, 4.69) is 19.7 Å². The number of hydrogen-bond acceptors (Lipinski definition) is 7. The van der Waals surface area contributed by atoms with Crippen LogP contribution in [0.4, 0.5) is 13.6 Å². The fourth-order valence-corrected chi connectivity index (χ4v) is 3.16. The number of benzene rings is 1. The van der Waals surface area contributed by atoms with Gasteiger partial charge in [0.05, 0.1) is 4.91 Å². The van der Waals surface area contributed by atoms with E-state index in [0.717, 1.165) is 16.7 Å². The fourth-order valence-electron chi connectivity index (χ4n) is 2.29. The molecule has 1 saturated heterocycles. The van der Waals surface area contributed by atoms with Crippen molar-refractivity contribution >= 4 is 34.9 Å². The number of nitrogens with zero attached hydrogens (tertiary/aromatic N) is 2. The summed E-state index contributed by atoms with van der Waals surface area (Å²) in [6.45, 7) is -2.88. The van der Waals surface area contributed by atoms with Gasteiger partial charge in [-0.1, -0.05) is 17.3 Å². The summed E-state index contributed by atoms with van der Waals surface area (Å²) < 4.78 is 33.1. The molecule has 0 aliphatic carbocycles. The Balaban J connectivity index is 1.58. The maximum atomic E-state index is 12.4. The lowest BCUT2D eigenvalue weighted by Gasteiger charge is -2.12. The van der Waals surface area contributed by atoms with Gasteiger partial charge in [0, 0.05) is 19.2 Å². The van der Waals surface area contributed by atoms with Crippen molar-refractivity contribution in [3.63, 3.8) is 0 Å². The minimum absolute atomic E-state index is 0.00718. The molecular weight excluding hydrogens is 396 g/mol. The lowest BCUT2D eigenvalue weighted by Crippen LogP contribution is -2.37. The van der Waals surface area contributed by atoms with Crippen molar-refractivity contribution in [1.29, 1.82) is 0 Å². The normalized spacial score (nSPS) is 15.5. The Kier molecular flexibility index (Phi) is 6.04. The summed E-state index contributed by atoms with van der Waals surface area (Å²) >= 11 is 0.755. The molecule has 0 saturated carbocycles. The van der Waals surface area contributed by atoms with Crippen molar-refractivity contribution in [3.8, 4) is 5.75 Å². The summed E-state index contributed by atoms with van der Waals surface area (Å²) in [6.07, 6.45) is 2.73. The molecule has 28 heavy (non-hydrogen) atoms. The highest BCUT2D eigenvalue weighted by molar-refractivity contribution is 8.18. The second-order valence-corrected chi connectivity index (χ2v) is 6.41. The maximum Gasteiger partial charge on any atom is 0.387 e. The second kappa shape index (κ2) is 8.65. The Morgan fingerprint density at radius 3 is 2.68 bits per heavy atom. The number of hydrogen-bond donors (Lipinski definition) is 1. The fraction of sp³-hybridized carbons (Fsp3) is 0.176. The summed E-state index contributed by atoms with van der Waals surface area (Å²) in [5.74, 6) is -0.996. The van der Waals surface area contributed by atoms with Gasteiger partial charge in [-0.3, -0.25) is 19.3 Å². The van der Waals surface area contributed by atoms with E-state index < -0.39 is 23.7 Å². The number of alkyl halides is 2. The summed E-state index contributed by atoms with van der Waals surface area (Å²) in [7, 11) is 0. The van der Waals surface area contributed by atoms with E-state index in [9.17, 15) is 23.2 Å². The summed E-state index contributed by atoms with van der Waals surface area (Å²) in [4.78, 5) is 37.4. The molecular formula is C17H13F2N3O5S. The van der Waals surface area contributed by atoms with Crippen LogP contribution in [-0.4, -0.2) is 46.8 Å². The van der Waals surface area contributed by atoms with Crippen LogP contribution < -0.4 is 10.1 Å². The first-order chi connectivity index (χ1) is 13.4. The lowest BCUT2D eigenvalue weighted by atomic mass is 10.2.